The van der Waals surface area contributed by atoms with E-state index < -0.39 is 0 Å². The molecule has 4 heterocycles. The van der Waals surface area contributed by atoms with Crippen LogP contribution < -0.4 is 0 Å². The van der Waals surface area contributed by atoms with Crippen LogP contribution in [0.5, 0.6) is 0 Å². The summed E-state index contributed by atoms with van der Waals surface area (Å²) in [5.74, 6) is -0.104. The Labute approximate surface area is 205 Å². The summed E-state index contributed by atoms with van der Waals surface area (Å²) < 4.78 is 10.5. The van der Waals surface area contributed by atoms with E-state index in [9.17, 15) is 9.59 Å². The van der Waals surface area contributed by atoms with Crippen molar-refractivity contribution in [1.29, 1.82) is 0 Å². The number of hydrogen-bond donors (Lipinski definition) is 0. The first kappa shape index (κ1) is 21.1. The first-order valence-corrected chi connectivity index (χ1v) is 16.5. The Kier molecular flexibility index (Phi) is 6.54. The van der Waals surface area contributed by atoms with E-state index in [1.807, 2.05) is 70.6 Å². The zero-order valence-electron chi connectivity index (χ0n) is 14.1. The highest BCUT2D eigenvalue weighted by molar-refractivity contribution is 8.50. The van der Waals surface area contributed by atoms with Gasteiger partial charge in [-0.2, -0.15) is 0 Å². The molecule has 1 aliphatic carbocycles. The van der Waals surface area contributed by atoms with E-state index in [1.54, 1.807) is 23.5 Å². The van der Waals surface area contributed by atoms with Crippen molar-refractivity contribution in [2.24, 2.45) is 0 Å². The van der Waals surface area contributed by atoms with Crippen molar-refractivity contribution < 1.29 is 9.59 Å². The maximum Gasteiger partial charge on any atom is 0.193 e. The molecule has 0 aromatic heterocycles. The SMILES string of the molecule is CSC1=C(SC)SC(=C2SC3=C(S2)SC(=C2SC4=C(S2)C(=O)C=CC4=O)S3)S1. The van der Waals surface area contributed by atoms with E-state index in [-0.39, 0.29) is 11.6 Å². The van der Waals surface area contributed by atoms with E-state index in [1.165, 1.54) is 65.3 Å². The fourth-order valence-electron chi connectivity index (χ4n) is 2.37. The highest BCUT2D eigenvalue weighted by atomic mass is 32.3. The number of carbonyl (C=O) groups is 2. The molecule has 28 heavy (non-hydrogen) atoms. The minimum absolute atomic E-state index is 0.0519. The van der Waals surface area contributed by atoms with Crippen LogP contribution in [0.4, 0.5) is 0 Å². The lowest BCUT2D eigenvalue weighted by Crippen LogP contribution is -2.07. The van der Waals surface area contributed by atoms with Crippen LogP contribution in [0.3, 0.4) is 0 Å². The third-order valence-corrected chi connectivity index (χ3v) is 18.1. The molecule has 0 fully saturated rings. The largest absolute Gasteiger partial charge is 0.289 e. The van der Waals surface area contributed by atoms with E-state index in [0.29, 0.717) is 9.81 Å². The standard InChI is InChI=1S/C16H8O2S10/c1-19-9-10(20-2)24-13(23-9)14-27-15-16(28-14)26-12(25-15)11-21-7-5(17)3-4-6(18)8(7)22-11/h3-4H,1-2H3. The van der Waals surface area contributed by atoms with Gasteiger partial charge < -0.3 is 0 Å². The van der Waals surface area contributed by atoms with Gasteiger partial charge >= 0.3 is 0 Å². The van der Waals surface area contributed by atoms with Crippen molar-refractivity contribution in [3.05, 3.63) is 55.9 Å². The van der Waals surface area contributed by atoms with Crippen molar-refractivity contribution in [3.63, 3.8) is 0 Å². The van der Waals surface area contributed by atoms with Crippen LogP contribution in [0, 0.1) is 0 Å². The van der Waals surface area contributed by atoms with Gasteiger partial charge in [0.05, 0.1) is 43.7 Å². The summed E-state index contributed by atoms with van der Waals surface area (Å²) in [6, 6.07) is 0. The Morgan fingerprint density at radius 2 is 0.857 bits per heavy atom. The minimum atomic E-state index is -0.0519. The Balaban J connectivity index is 1.29. The molecular formula is C16H8O2S10. The second kappa shape index (κ2) is 8.67. The molecule has 0 atom stereocenters. The molecule has 0 amide bonds. The molecule has 0 N–H and O–H groups in total. The lowest BCUT2D eigenvalue weighted by molar-refractivity contribution is -0.114. The van der Waals surface area contributed by atoms with Gasteiger partial charge in [0.2, 0.25) is 0 Å². The molecule has 0 bridgehead atoms. The molecular weight excluding hydrogens is 545 g/mol. The Morgan fingerprint density at radius 1 is 0.536 bits per heavy atom. The Bertz CT molecular complexity index is 954. The summed E-state index contributed by atoms with van der Waals surface area (Å²) >= 11 is 17.6. The topological polar surface area (TPSA) is 34.1 Å². The average molecular weight is 553 g/mol. The lowest BCUT2D eigenvalue weighted by atomic mass is 10.2. The Morgan fingerprint density at radius 3 is 1.21 bits per heavy atom. The summed E-state index contributed by atoms with van der Waals surface area (Å²) in [4.78, 5) is 25.3. The fourth-order valence-corrected chi connectivity index (χ4v) is 16.8. The minimum Gasteiger partial charge on any atom is -0.289 e. The molecule has 0 unspecified atom stereocenters. The zero-order valence-corrected chi connectivity index (χ0v) is 22.2. The van der Waals surface area contributed by atoms with Crippen LogP contribution in [0.15, 0.2) is 55.9 Å². The van der Waals surface area contributed by atoms with Crippen LogP contribution >= 0.6 is 118 Å². The van der Waals surface area contributed by atoms with Gasteiger partial charge in [0.15, 0.2) is 11.6 Å². The van der Waals surface area contributed by atoms with E-state index in [0.717, 1.165) is 4.24 Å². The smallest absolute Gasteiger partial charge is 0.193 e. The number of carbonyl (C=O) groups excluding carboxylic acids is 2. The highest BCUT2D eigenvalue weighted by Crippen LogP contribution is 2.72. The monoisotopic (exact) mass is 552 g/mol. The van der Waals surface area contributed by atoms with Gasteiger partial charge in [0.25, 0.3) is 0 Å². The number of allylic oxidation sites excluding steroid dienone is 4. The Hall–Kier alpha value is 1.28. The third kappa shape index (κ3) is 3.81. The van der Waals surface area contributed by atoms with Crippen LogP contribution in [-0.2, 0) is 9.59 Å². The van der Waals surface area contributed by atoms with Crippen LogP contribution in [0.2, 0.25) is 0 Å². The third-order valence-electron chi connectivity index (χ3n) is 3.58. The van der Waals surface area contributed by atoms with E-state index in [4.69, 9.17) is 0 Å². The van der Waals surface area contributed by atoms with Gasteiger partial charge in [-0.3, -0.25) is 9.59 Å². The number of hydrogen-bond acceptors (Lipinski definition) is 12. The van der Waals surface area contributed by atoms with Gasteiger partial charge in [-0.05, 0) is 24.7 Å². The molecule has 0 spiro atoms. The summed E-state index contributed by atoms with van der Waals surface area (Å²) in [5.41, 5.74) is 0. The number of ketones is 2. The summed E-state index contributed by atoms with van der Waals surface area (Å²) in [6.07, 6.45) is 7.05. The molecule has 0 saturated heterocycles. The molecule has 5 rings (SSSR count). The van der Waals surface area contributed by atoms with Crippen molar-refractivity contribution in [1.82, 2.24) is 0 Å². The maximum atomic E-state index is 12.1. The fraction of sp³-hybridized carbons (Fsp3) is 0.125. The van der Waals surface area contributed by atoms with Gasteiger partial charge in [-0.1, -0.05) is 94.1 Å². The summed E-state index contributed by atoms with van der Waals surface area (Å²) in [7, 11) is 0. The maximum absolute atomic E-state index is 12.1. The van der Waals surface area contributed by atoms with Crippen molar-refractivity contribution in [2.75, 3.05) is 12.5 Å². The molecule has 0 saturated carbocycles. The molecule has 4 aliphatic heterocycles. The quantitative estimate of drug-likeness (QED) is 0.311. The van der Waals surface area contributed by atoms with Crippen molar-refractivity contribution >= 4 is 129 Å². The number of rotatable bonds is 2. The molecule has 0 aromatic carbocycles. The van der Waals surface area contributed by atoms with Crippen LogP contribution in [-0.4, -0.2) is 24.1 Å². The van der Waals surface area contributed by atoms with Gasteiger partial charge in [0.1, 0.15) is 0 Å². The number of thioether (sulfide) groups is 10. The van der Waals surface area contributed by atoms with Gasteiger partial charge in [-0.25, -0.2) is 0 Å². The molecule has 0 radical (unpaired) electrons. The second-order valence-electron chi connectivity index (χ2n) is 5.24. The lowest BCUT2D eigenvalue weighted by Gasteiger charge is -2.07. The first-order valence-electron chi connectivity index (χ1n) is 7.56. The predicted molar refractivity (Wildman–Crippen MR) is 142 cm³/mol. The van der Waals surface area contributed by atoms with Crippen molar-refractivity contribution in [2.45, 2.75) is 0 Å². The van der Waals surface area contributed by atoms with Crippen molar-refractivity contribution in [3.8, 4) is 0 Å². The zero-order chi connectivity index (χ0) is 19.4. The normalized spacial score (nSPS) is 24.6. The highest BCUT2D eigenvalue weighted by Gasteiger charge is 2.39. The second-order valence-corrected chi connectivity index (χ2v) is 17.1. The average Bonchev–Trinajstić information content (AvgIpc) is 3.44. The first-order chi connectivity index (χ1) is 13.6. The predicted octanol–water partition coefficient (Wildman–Crippen LogP) is 8.06. The molecule has 144 valence electrons. The van der Waals surface area contributed by atoms with Crippen LogP contribution in [0.25, 0.3) is 0 Å². The van der Waals surface area contributed by atoms with Gasteiger partial charge in [-0.15, -0.1) is 23.5 Å². The van der Waals surface area contributed by atoms with Gasteiger partial charge in [0, 0.05) is 0 Å². The molecule has 12 heteroatoms. The molecule has 2 nitrogen and oxygen atoms in total. The molecule has 5 aliphatic rings. The molecule has 0 aromatic rings. The van der Waals surface area contributed by atoms with E-state index in [2.05, 4.69) is 12.5 Å². The van der Waals surface area contributed by atoms with E-state index >= 15 is 0 Å². The summed E-state index contributed by atoms with van der Waals surface area (Å²) in [5, 5.41) is 0. The summed E-state index contributed by atoms with van der Waals surface area (Å²) in [6.45, 7) is 0. The van der Waals surface area contributed by atoms with Crippen LogP contribution in [0.1, 0.15) is 0 Å².